The molecule has 0 saturated heterocycles. The Morgan fingerprint density at radius 3 is 2.26 bits per heavy atom. The number of carboxylic acid groups (broad SMARTS) is 1. The van der Waals surface area contributed by atoms with E-state index < -0.39 is 40.0 Å². The van der Waals surface area contributed by atoms with Crippen molar-refractivity contribution in [3.8, 4) is 0 Å². The van der Waals surface area contributed by atoms with Crippen LogP contribution < -0.4 is 4.72 Å². The van der Waals surface area contributed by atoms with Crippen molar-refractivity contribution < 1.29 is 32.6 Å². The largest absolute Gasteiger partial charge is 0.481 e. The van der Waals surface area contributed by atoms with Crippen LogP contribution in [0.15, 0.2) is 71.6 Å². The van der Waals surface area contributed by atoms with Crippen LogP contribution in [0.5, 0.6) is 0 Å². The Balaban J connectivity index is 1.97. The number of carboxylic acids is 1. The standard InChI is InChI=1S/C24H23ClN2O7S/c1-15(23(29)30)21(22(28)27(24(31)34-2)14-16-7-10-19(25)11-8-16)26-35(32,33)20-12-9-17-5-3-4-6-18(17)13-20/h3-13,15,21,26H,14H2,1-2H3,(H,29,30). The molecule has 3 rings (SSSR count). The van der Waals surface area contributed by atoms with E-state index in [4.69, 9.17) is 16.3 Å². The van der Waals surface area contributed by atoms with Crippen molar-refractivity contribution in [3.63, 3.8) is 0 Å². The Labute approximate surface area is 207 Å². The van der Waals surface area contributed by atoms with Gasteiger partial charge < -0.3 is 9.84 Å². The number of sulfonamides is 1. The van der Waals surface area contributed by atoms with Crippen LogP contribution >= 0.6 is 11.6 Å². The topological polar surface area (TPSA) is 130 Å². The van der Waals surface area contributed by atoms with Crippen LogP contribution in [0.4, 0.5) is 4.79 Å². The molecule has 0 heterocycles. The molecule has 0 radical (unpaired) electrons. The van der Waals surface area contributed by atoms with Gasteiger partial charge in [-0.15, -0.1) is 0 Å². The fourth-order valence-electron chi connectivity index (χ4n) is 3.36. The smallest absolute Gasteiger partial charge is 0.416 e. The predicted octanol–water partition coefficient (Wildman–Crippen LogP) is 3.66. The van der Waals surface area contributed by atoms with Gasteiger partial charge in [0.15, 0.2) is 0 Å². The van der Waals surface area contributed by atoms with Crippen molar-refractivity contribution in [2.24, 2.45) is 5.92 Å². The van der Waals surface area contributed by atoms with Gasteiger partial charge >= 0.3 is 12.1 Å². The number of amides is 2. The van der Waals surface area contributed by atoms with E-state index in [0.29, 0.717) is 20.9 Å². The fourth-order valence-corrected chi connectivity index (χ4v) is 4.79. The third kappa shape index (κ3) is 6.16. The zero-order chi connectivity index (χ0) is 25.8. The molecular weight excluding hydrogens is 496 g/mol. The molecule has 3 aromatic rings. The van der Waals surface area contributed by atoms with Crippen LogP contribution in [0.3, 0.4) is 0 Å². The number of nitrogens with zero attached hydrogens (tertiary/aromatic N) is 1. The Bertz CT molecular complexity index is 1360. The van der Waals surface area contributed by atoms with Gasteiger partial charge in [-0.3, -0.25) is 9.59 Å². The highest BCUT2D eigenvalue weighted by Crippen LogP contribution is 2.21. The first kappa shape index (κ1) is 26.1. The van der Waals surface area contributed by atoms with E-state index in [1.807, 2.05) is 6.07 Å². The minimum atomic E-state index is -4.35. The summed E-state index contributed by atoms with van der Waals surface area (Å²) in [6, 6.07) is 15.9. The number of fused-ring (bicyclic) bond motifs is 1. The highest BCUT2D eigenvalue weighted by molar-refractivity contribution is 7.89. The second kappa shape index (κ2) is 10.9. The third-order valence-corrected chi connectivity index (χ3v) is 7.07. The van der Waals surface area contributed by atoms with E-state index in [9.17, 15) is 27.9 Å². The number of methoxy groups -OCH3 is 1. The van der Waals surface area contributed by atoms with Crippen molar-refractivity contribution >= 4 is 50.4 Å². The Hall–Kier alpha value is -3.47. The summed E-state index contributed by atoms with van der Waals surface area (Å²) >= 11 is 5.88. The maximum atomic E-state index is 13.4. The summed E-state index contributed by atoms with van der Waals surface area (Å²) in [5, 5.41) is 11.5. The van der Waals surface area contributed by atoms with E-state index in [-0.39, 0.29) is 11.4 Å². The van der Waals surface area contributed by atoms with Gasteiger partial charge in [-0.2, -0.15) is 4.72 Å². The van der Waals surface area contributed by atoms with E-state index in [1.54, 1.807) is 48.5 Å². The Kier molecular flexibility index (Phi) is 8.11. The Morgan fingerprint density at radius 1 is 1.03 bits per heavy atom. The molecule has 9 nitrogen and oxygen atoms in total. The molecule has 35 heavy (non-hydrogen) atoms. The van der Waals surface area contributed by atoms with Crippen molar-refractivity contribution in [2.45, 2.75) is 24.4 Å². The molecule has 0 saturated carbocycles. The van der Waals surface area contributed by atoms with E-state index in [0.717, 1.165) is 12.5 Å². The molecule has 0 bridgehead atoms. The zero-order valence-corrected chi connectivity index (χ0v) is 20.4. The molecule has 0 fully saturated rings. The number of aliphatic carboxylic acids is 1. The molecule has 0 aliphatic carbocycles. The van der Waals surface area contributed by atoms with Crippen LogP contribution in [-0.2, 0) is 30.9 Å². The molecule has 0 aliphatic rings. The number of hydrogen-bond acceptors (Lipinski definition) is 6. The van der Waals surface area contributed by atoms with Gasteiger partial charge in [0.25, 0.3) is 5.91 Å². The lowest BCUT2D eigenvalue weighted by Gasteiger charge is -2.27. The lowest BCUT2D eigenvalue weighted by atomic mass is 10.0. The summed E-state index contributed by atoms with van der Waals surface area (Å²) in [7, 11) is -3.29. The highest BCUT2D eigenvalue weighted by Gasteiger charge is 2.39. The van der Waals surface area contributed by atoms with Crippen molar-refractivity contribution in [1.29, 1.82) is 0 Å². The first-order valence-electron chi connectivity index (χ1n) is 10.4. The number of nitrogens with one attached hydrogen (secondary N) is 1. The minimum Gasteiger partial charge on any atom is -0.481 e. The maximum Gasteiger partial charge on any atom is 0.416 e. The number of hydrogen-bond donors (Lipinski definition) is 2. The number of halogens is 1. The van der Waals surface area contributed by atoms with Gasteiger partial charge in [0.05, 0.1) is 24.5 Å². The SMILES string of the molecule is COC(=O)N(Cc1ccc(Cl)cc1)C(=O)C(NS(=O)(=O)c1ccc2ccccc2c1)C(C)C(=O)O. The maximum absolute atomic E-state index is 13.4. The summed E-state index contributed by atoms with van der Waals surface area (Å²) in [5.41, 5.74) is 0.493. The molecule has 2 N–H and O–H groups in total. The number of carbonyl (C=O) groups excluding carboxylic acids is 2. The number of rotatable bonds is 8. The van der Waals surface area contributed by atoms with E-state index in [2.05, 4.69) is 4.72 Å². The zero-order valence-electron chi connectivity index (χ0n) is 18.8. The molecule has 184 valence electrons. The molecule has 0 aromatic heterocycles. The van der Waals surface area contributed by atoms with Gasteiger partial charge in [-0.25, -0.2) is 18.1 Å². The van der Waals surface area contributed by atoms with E-state index in [1.165, 1.54) is 19.1 Å². The summed E-state index contributed by atoms with van der Waals surface area (Å²) < 4.78 is 33.2. The monoisotopic (exact) mass is 518 g/mol. The first-order chi connectivity index (χ1) is 16.5. The fraction of sp³-hybridized carbons (Fsp3) is 0.208. The van der Waals surface area contributed by atoms with Gasteiger partial charge in [0, 0.05) is 5.02 Å². The summed E-state index contributed by atoms with van der Waals surface area (Å²) in [6.45, 7) is 0.884. The molecule has 3 aromatic carbocycles. The summed E-state index contributed by atoms with van der Waals surface area (Å²) in [6.07, 6.45) is -1.07. The van der Waals surface area contributed by atoms with Gasteiger partial charge in [-0.1, -0.05) is 54.1 Å². The summed E-state index contributed by atoms with van der Waals surface area (Å²) in [4.78, 5) is 38.1. The van der Waals surface area contributed by atoms with E-state index >= 15 is 0 Å². The average molecular weight is 519 g/mol. The van der Waals surface area contributed by atoms with Gasteiger partial charge in [0.1, 0.15) is 6.04 Å². The Morgan fingerprint density at radius 2 is 1.66 bits per heavy atom. The summed E-state index contributed by atoms with van der Waals surface area (Å²) in [5.74, 6) is -4.01. The third-order valence-electron chi connectivity index (χ3n) is 5.38. The normalized spacial score (nSPS) is 13.1. The second-order valence-electron chi connectivity index (χ2n) is 7.76. The molecule has 0 aliphatic heterocycles. The van der Waals surface area contributed by atoms with Crippen LogP contribution in [0, 0.1) is 5.92 Å². The van der Waals surface area contributed by atoms with Gasteiger partial charge in [-0.05, 0) is 47.5 Å². The number of benzene rings is 3. The molecule has 2 unspecified atom stereocenters. The molecule has 2 amide bonds. The lowest BCUT2D eigenvalue weighted by Crippen LogP contribution is -2.54. The first-order valence-corrected chi connectivity index (χ1v) is 12.3. The second-order valence-corrected chi connectivity index (χ2v) is 9.91. The molecule has 11 heteroatoms. The number of carbonyl (C=O) groups is 3. The van der Waals surface area contributed by atoms with Crippen LogP contribution in [0.2, 0.25) is 5.02 Å². The van der Waals surface area contributed by atoms with Crippen molar-refractivity contribution in [3.05, 3.63) is 77.3 Å². The molecule has 2 atom stereocenters. The number of ether oxygens (including phenoxy) is 1. The van der Waals surface area contributed by atoms with Crippen LogP contribution in [0.1, 0.15) is 12.5 Å². The van der Waals surface area contributed by atoms with Crippen LogP contribution in [0.25, 0.3) is 10.8 Å². The number of imide groups is 1. The van der Waals surface area contributed by atoms with Crippen LogP contribution in [-0.4, -0.2) is 49.5 Å². The molecule has 0 spiro atoms. The molecular formula is C24H23ClN2O7S. The van der Waals surface area contributed by atoms with Crippen molar-refractivity contribution in [2.75, 3.05) is 7.11 Å². The average Bonchev–Trinajstić information content (AvgIpc) is 2.85. The highest BCUT2D eigenvalue weighted by atomic mass is 35.5. The lowest BCUT2D eigenvalue weighted by molar-refractivity contribution is -0.146. The van der Waals surface area contributed by atoms with Crippen molar-refractivity contribution in [1.82, 2.24) is 9.62 Å². The predicted molar refractivity (Wildman–Crippen MR) is 129 cm³/mol. The quantitative estimate of drug-likeness (QED) is 0.465. The van der Waals surface area contributed by atoms with Gasteiger partial charge in [0.2, 0.25) is 10.0 Å². The minimum absolute atomic E-state index is 0.158.